The molecule has 0 radical (unpaired) electrons. The Bertz CT molecular complexity index is 1440. The van der Waals surface area contributed by atoms with E-state index in [4.69, 9.17) is 4.74 Å². The Kier molecular flexibility index (Phi) is 6.99. The number of rotatable bonds is 7. The molecule has 4 aromatic rings. The number of hydrogen-bond donors (Lipinski definition) is 3. The van der Waals surface area contributed by atoms with Crippen molar-refractivity contribution in [3.8, 4) is 11.8 Å². The van der Waals surface area contributed by atoms with Crippen LogP contribution in [0.3, 0.4) is 0 Å². The van der Waals surface area contributed by atoms with Gasteiger partial charge in [0, 0.05) is 84.6 Å². The fourth-order valence-electron chi connectivity index (χ4n) is 4.78. The third-order valence-corrected chi connectivity index (χ3v) is 6.74. The largest absolute Gasteiger partial charge is 0.496 e. The summed E-state index contributed by atoms with van der Waals surface area (Å²) < 4.78 is 5.85. The van der Waals surface area contributed by atoms with E-state index < -0.39 is 0 Å². The van der Waals surface area contributed by atoms with Crippen LogP contribution in [0.15, 0.2) is 55.0 Å². The zero-order chi connectivity index (χ0) is 24.9. The van der Waals surface area contributed by atoms with Crippen LogP contribution < -0.4 is 15.4 Å². The maximum Gasteiger partial charge on any atom is 0.130 e. The van der Waals surface area contributed by atoms with Gasteiger partial charge in [-0.1, -0.05) is 30.4 Å². The molecule has 7 nitrogen and oxygen atoms in total. The molecule has 2 aromatic carbocycles. The van der Waals surface area contributed by atoms with Gasteiger partial charge in [0.2, 0.25) is 0 Å². The molecule has 5 rings (SSSR count). The number of aromatic nitrogens is 2. The molecule has 1 aliphatic rings. The van der Waals surface area contributed by atoms with Gasteiger partial charge in [-0.2, -0.15) is 5.26 Å². The molecule has 0 saturated carbocycles. The van der Waals surface area contributed by atoms with Crippen LogP contribution in [0.5, 0.6) is 5.75 Å². The van der Waals surface area contributed by atoms with E-state index in [-0.39, 0.29) is 0 Å². The summed E-state index contributed by atoms with van der Waals surface area (Å²) >= 11 is 0. The Morgan fingerprint density at radius 1 is 1.11 bits per heavy atom. The van der Waals surface area contributed by atoms with Gasteiger partial charge in [0.05, 0.1) is 18.4 Å². The Hall–Kier alpha value is -4.12. The molecule has 1 fully saturated rings. The summed E-state index contributed by atoms with van der Waals surface area (Å²) in [6.45, 7) is 7.01. The lowest BCUT2D eigenvalue weighted by molar-refractivity contribution is 0.230. The van der Waals surface area contributed by atoms with Gasteiger partial charge >= 0.3 is 0 Å². The minimum absolute atomic E-state index is 0.491. The average molecular weight is 479 g/mol. The van der Waals surface area contributed by atoms with Gasteiger partial charge in [-0.15, -0.1) is 0 Å². The SMILES string of the molecule is COc1c(C=Cc2cncc(C#N)c2Nc2ccc3[nH]ccc3c2C)cccc1CN1CCNCC1. The van der Waals surface area contributed by atoms with Crippen LogP contribution in [0.2, 0.25) is 0 Å². The number of hydrogen-bond acceptors (Lipinski definition) is 6. The number of ether oxygens (including phenoxy) is 1. The first-order chi connectivity index (χ1) is 17.7. The lowest BCUT2D eigenvalue weighted by Gasteiger charge is -2.28. The van der Waals surface area contributed by atoms with Crippen molar-refractivity contribution in [2.24, 2.45) is 0 Å². The third kappa shape index (κ3) is 4.82. The molecule has 0 amide bonds. The number of piperazine rings is 1. The second kappa shape index (κ2) is 10.6. The summed E-state index contributed by atoms with van der Waals surface area (Å²) in [5.41, 5.74) is 7.37. The predicted octanol–water partition coefficient (Wildman–Crippen LogP) is 5.07. The zero-order valence-corrected chi connectivity index (χ0v) is 20.6. The number of aryl methyl sites for hydroxylation is 1. The van der Waals surface area contributed by atoms with E-state index in [0.29, 0.717) is 5.56 Å². The third-order valence-electron chi connectivity index (χ3n) is 6.74. The quantitative estimate of drug-likeness (QED) is 0.344. The molecular formula is C29H30N6O. The number of anilines is 2. The molecule has 0 unspecified atom stereocenters. The van der Waals surface area contributed by atoms with E-state index in [2.05, 4.69) is 62.8 Å². The van der Waals surface area contributed by atoms with Crippen LogP contribution in [0.1, 0.15) is 27.8 Å². The number of benzene rings is 2. The zero-order valence-electron chi connectivity index (χ0n) is 20.6. The van der Waals surface area contributed by atoms with Crippen molar-refractivity contribution >= 4 is 34.4 Å². The van der Waals surface area contributed by atoms with Crippen molar-refractivity contribution in [1.82, 2.24) is 20.2 Å². The van der Waals surface area contributed by atoms with Crippen LogP contribution in [-0.4, -0.2) is 48.2 Å². The second-order valence-corrected chi connectivity index (χ2v) is 8.96. The van der Waals surface area contributed by atoms with Gasteiger partial charge in [-0.3, -0.25) is 9.88 Å². The van der Waals surface area contributed by atoms with Gasteiger partial charge in [0.15, 0.2) is 0 Å². The van der Waals surface area contributed by atoms with Crippen LogP contribution in [0.4, 0.5) is 11.4 Å². The number of nitrogens with one attached hydrogen (secondary N) is 3. The average Bonchev–Trinajstić information content (AvgIpc) is 3.40. The predicted molar refractivity (Wildman–Crippen MR) is 145 cm³/mol. The molecule has 0 atom stereocenters. The maximum absolute atomic E-state index is 9.80. The molecule has 182 valence electrons. The van der Waals surface area contributed by atoms with E-state index in [0.717, 1.165) is 77.4 Å². The van der Waals surface area contributed by atoms with Gasteiger partial charge in [0.25, 0.3) is 0 Å². The summed E-state index contributed by atoms with van der Waals surface area (Å²) in [6, 6.07) is 14.7. The highest BCUT2D eigenvalue weighted by molar-refractivity contribution is 5.90. The summed E-state index contributed by atoms with van der Waals surface area (Å²) in [5.74, 6) is 0.875. The summed E-state index contributed by atoms with van der Waals surface area (Å²) in [5, 5.41) is 17.9. The molecule has 3 N–H and O–H groups in total. The molecule has 0 spiro atoms. The van der Waals surface area contributed by atoms with E-state index in [9.17, 15) is 5.26 Å². The standard InChI is InChI=1S/C29H30N6O/c1-20-25-10-11-33-27(25)9-8-26(20)34-28-22(17-32-18-24(28)16-30)7-6-21-4-3-5-23(29(21)36-2)19-35-14-12-31-13-15-35/h3-11,17-18,31,33H,12-15,19H2,1-2H3,(H,32,34). The Balaban J connectivity index is 1.47. The minimum atomic E-state index is 0.491. The topological polar surface area (TPSA) is 89.0 Å². The van der Waals surface area contributed by atoms with E-state index in [1.165, 1.54) is 5.56 Å². The number of aromatic amines is 1. The molecule has 36 heavy (non-hydrogen) atoms. The lowest BCUT2D eigenvalue weighted by atomic mass is 10.0. The Morgan fingerprint density at radius 2 is 1.94 bits per heavy atom. The summed E-state index contributed by atoms with van der Waals surface area (Å²) in [4.78, 5) is 9.99. The summed E-state index contributed by atoms with van der Waals surface area (Å²) in [6.07, 6.45) is 9.34. The maximum atomic E-state index is 9.80. The van der Waals surface area contributed by atoms with E-state index in [1.54, 1.807) is 19.5 Å². The first kappa shape index (κ1) is 23.6. The van der Waals surface area contributed by atoms with Crippen LogP contribution >= 0.6 is 0 Å². The van der Waals surface area contributed by atoms with Crippen molar-refractivity contribution in [2.75, 3.05) is 38.6 Å². The fourth-order valence-corrected chi connectivity index (χ4v) is 4.78. The smallest absolute Gasteiger partial charge is 0.130 e. The van der Waals surface area contributed by atoms with Gasteiger partial charge < -0.3 is 20.4 Å². The molecule has 0 aliphatic carbocycles. The molecule has 1 aliphatic heterocycles. The molecular weight excluding hydrogens is 448 g/mol. The number of H-pyrrole nitrogens is 1. The van der Waals surface area contributed by atoms with Crippen molar-refractivity contribution in [3.05, 3.63) is 82.8 Å². The second-order valence-electron chi connectivity index (χ2n) is 8.96. The molecule has 3 heterocycles. The minimum Gasteiger partial charge on any atom is -0.496 e. The normalized spacial score (nSPS) is 14.2. The Morgan fingerprint density at radius 3 is 2.75 bits per heavy atom. The summed E-state index contributed by atoms with van der Waals surface area (Å²) in [7, 11) is 1.72. The number of methoxy groups -OCH3 is 1. The lowest BCUT2D eigenvalue weighted by Crippen LogP contribution is -2.42. The van der Waals surface area contributed by atoms with Gasteiger partial charge in [0.1, 0.15) is 11.8 Å². The van der Waals surface area contributed by atoms with E-state index >= 15 is 0 Å². The highest BCUT2D eigenvalue weighted by Crippen LogP contribution is 2.32. The number of para-hydroxylation sites is 1. The molecule has 1 saturated heterocycles. The van der Waals surface area contributed by atoms with Crippen molar-refractivity contribution < 1.29 is 4.74 Å². The van der Waals surface area contributed by atoms with Crippen LogP contribution in [-0.2, 0) is 6.54 Å². The van der Waals surface area contributed by atoms with Crippen LogP contribution in [0, 0.1) is 18.3 Å². The molecule has 0 bridgehead atoms. The van der Waals surface area contributed by atoms with Crippen LogP contribution in [0.25, 0.3) is 23.1 Å². The number of pyridine rings is 1. The van der Waals surface area contributed by atoms with E-state index in [1.807, 2.05) is 30.5 Å². The number of fused-ring (bicyclic) bond motifs is 1. The number of nitriles is 1. The van der Waals surface area contributed by atoms with Gasteiger partial charge in [-0.05, 0) is 30.7 Å². The first-order valence-electron chi connectivity index (χ1n) is 12.2. The highest BCUT2D eigenvalue weighted by atomic mass is 16.5. The van der Waals surface area contributed by atoms with Crippen molar-refractivity contribution in [3.63, 3.8) is 0 Å². The Labute approximate surface area is 211 Å². The fraction of sp³-hybridized carbons (Fsp3) is 0.241. The first-order valence-corrected chi connectivity index (χ1v) is 12.2. The molecule has 7 heteroatoms. The van der Waals surface area contributed by atoms with Gasteiger partial charge in [-0.25, -0.2) is 0 Å². The van der Waals surface area contributed by atoms with Crippen molar-refractivity contribution in [2.45, 2.75) is 13.5 Å². The number of nitrogens with zero attached hydrogens (tertiary/aromatic N) is 3. The molecule has 2 aromatic heterocycles. The highest BCUT2D eigenvalue weighted by Gasteiger charge is 2.15. The monoisotopic (exact) mass is 478 g/mol. The van der Waals surface area contributed by atoms with Crippen molar-refractivity contribution in [1.29, 1.82) is 5.26 Å².